The van der Waals surface area contributed by atoms with Gasteiger partial charge < -0.3 is 4.74 Å². The molecule has 1 heterocycles. The number of sulfonamides is 1. The van der Waals surface area contributed by atoms with Gasteiger partial charge in [0.15, 0.2) is 5.37 Å². The average molecular weight is 327 g/mol. The summed E-state index contributed by atoms with van der Waals surface area (Å²) in [6.45, 7) is 5.86. The van der Waals surface area contributed by atoms with Crippen molar-refractivity contribution in [1.29, 1.82) is 0 Å². The van der Waals surface area contributed by atoms with Gasteiger partial charge in [-0.15, -0.1) is 0 Å². The SMILES string of the molecule is CCOC(=O)C1CNNC1S(=O)(=O)Nc1cccc(C)c1C. The number of hydrazine groups is 1. The van der Waals surface area contributed by atoms with Crippen LogP contribution in [0.3, 0.4) is 0 Å². The first-order valence-corrected chi connectivity index (χ1v) is 8.64. The predicted molar refractivity (Wildman–Crippen MR) is 83.5 cm³/mol. The van der Waals surface area contributed by atoms with Crippen LogP contribution in [-0.4, -0.2) is 32.9 Å². The molecule has 1 aliphatic rings. The van der Waals surface area contributed by atoms with Gasteiger partial charge in [-0.3, -0.25) is 14.9 Å². The molecule has 122 valence electrons. The number of carbonyl (C=O) groups excluding carboxylic acids is 1. The Hall–Kier alpha value is -1.64. The molecule has 0 spiro atoms. The van der Waals surface area contributed by atoms with Gasteiger partial charge in [0.2, 0.25) is 0 Å². The molecule has 0 bridgehead atoms. The summed E-state index contributed by atoms with van der Waals surface area (Å²) in [5.74, 6) is -1.32. The lowest BCUT2D eigenvalue weighted by Crippen LogP contribution is -2.44. The third-order valence-electron chi connectivity index (χ3n) is 3.71. The van der Waals surface area contributed by atoms with Gasteiger partial charge in [0.05, 0.1) is 12.3 Å². The quantitative estimate of drug-likeness (QED) is 0.688. The number of nitrogens with one attached hydrogen (secondary N) is 3. The molecule has 0 amide bonds. The van der Waals surface area contributed by atoms with E-state index >= 15 is 0 Å². The van der Waals surface area contributed by atoms with Crippen LogP contribution in [-0.2, 0) is 19.6 Å². The highest BCUT2D eigenvalue weighted by atomic mass is 32.2. The number of esters is 1. The Labute approximate surface area is 130 Å². The van der Waals surface area contributed by atoms with Crippen LogP contribution in [0.25, 0.3) is 0 Å². The third kappa shape index (κ3) is 3.40. The second kappa shape index (κ2) is 6.64. The molecule has 1 aromatic rings. The van der Waals surface area contributed by atoms with Gasteiger partial charge in [0.1, 0.15) is 5.92 Å². The molecule has 1 aromatic carbocycles. The minimum Gasteiger partial charge on any atom is -0.466 e. The van der Waals surface area contributed by atoms with Gasteiger partial charge in [0, 0.05) is 6.54 Å². The largest absolute Gasteiger partial charge is 0.466 e. The molecule has 2 atom stereocenters. The fraction of sp³-hybridized carbons (Fsp3) is 0.500. The average Bonchev–Trinajstić information content (AvgIpc) is 2.94. The zero-order valence-corrected chi connectivity index (χ0v) is 13.7. The summed E-state index contributed by atoms with van der Waals surface area (Å²) in [7, 11) is -3.79. The predicted octanol–water partition coefficient (Wildman–Crippen LogP) is 0.658. The normalized spacial score (nSPS) is 21.6. The molecule has 0 saturated carbocycles. The summed E-state index contributed by atoms with van der Waals surface area (Å²) in [5.41, 5.74) is 7.70. The number of rotatable bonds is 5. The lowest BCUT2D eigenvalue weighted by Gasteiger charge is -2.20. The molecule has 3 N–H and O–H groups in total. The highest BCUT2D eigenvalue weighted by Gasteiger charge is 2.42. The van der Waals surface area contributed by atoms with E-state index in [1.54, 1.807) is 19.1 Å². The smallest absolute Gasteiger partial charge is 0.313 e. The lowest BCUT2D eigenvalue weighted by atomic mass is 10.1. The maximum atomic E-state index is 12.6. The Morgan fingerprint density at radius 1 is 1.41 bits per heavy atom. The van der Waals surface area contributed by atoms with Gasteiger partial charge >= 0.3 is 5.97 Å². The minimum absolute atomic E-state index is 0.206. The van der Waals surface area contributed by atoms with Crippen molar-refractivity contribution in [3.63, 3.8) is 0 Å². The van der Waals surface area contributed by atoms with Gasteiger partial charge in [0.25, 0.3) is 10.0 Å². The number of carbonyl (C=O) groups is 1. The van der Waals surface area contributed by atoms with Crippen LogP contribution in [0.4, 0.5) is 5.69 Å². The van der Waals surface area contributed by atoms with E-state index in [4.69, 9.17) is 4.74 Å². The van der Waals surface area contributed by atoms with E-state index in [-0.39, 0.29) is 13.2 Å². The van der Waals surface area contributed by atoms with E-state index < -0.39 is 27.3 Å². The lowest BCUT2D eigenvalue weighted by molar-refractivity contribution is -0.147. The van der Waals surface area contributed by atoms with Crippen molar-refractivity contribution in [2.24, 2.45) is 5.92 Å². The first-order valence-electron chi connectivity index (χ1n) is 7.09. The summed E-state index contributed by atoms with van der Waals surface area (Å²) < 4.78 is 32.6. The minimum atomic E-state index is -3.79. The fourth-order valence-corrected chi connectivity index (χ4v) is 3.84. The Morgan fingerprint density at radius 3 is 2.82 bits per heavy atom. The van der Waals surface area contributed by atoms with Crippen molar-refractivity contribution in [1.82, 2.24) is 10.9 Å². The zero-order valence-electron chi connectivity index (χ0n) is 12.8. The van der Waals surface area contributed by atoms with Crippen molar-refractivity contribution in [2.45, 2.75) is 26.1 Å². The molecule has 2 rings (SSSR count). The Balaban J connectivity index is 2.22. The molecular weight excluding hydrogens is 306 g/mol. The van der Waals surface area contributed by atoms with E-state index in [2.05, 4.69) is 15.6 Å². The standard InChI is InChI=1S/C14H21N3O4S/c1-4-21-14(18)11-8-15-16-13(11)22(19,20)17-12-7-5-6-9(2)10(12)3/h5-7,11,13,15-17H,4,8H2,1-3H3. The molecule has 8 heteroatoms. The molecule has 0 aliphatic carbocycles. The van der Waals surface area contributed by atoms with E-state index in [0.717, 1.165) is 11.1 Å². The molecule has 0 aromatic heterocycles. The summed E-state index contributed by atoms with van der Waals surface area (Å²) in [4.78, 5) is 11.9. The van der Waals surface area contributed by atoms with Gasteiger partial charge in [-0.2, -0.15) is 0 Å². The molecule has 22 heavy (non-hydrogen) atoms. The molecule has 1 aliphatic heterocycles. The molecule has 1 fully saturated rings. The Morgan fingerprint density at radius 2 is 2.14 bits per heavy atom. The topological polar surface area (TPSA) is 96.5 Å². The Kier molecular flexibility index (Phi) is 5.05. The van der Waals surface area contributed by atoms with Crippen LogP contribution in [0, 0.1) is 19.8 Å². The second-order valence-electron chi connectivity index (χ2n) is 5.20. The summed E-state index contributed by atoms with van der Waals surface area (Å²) in [5, 5.41) is -1.08. The summed E-state index contributed by atoms with van der Waals surface area (Å²) in [6, 6.07) is 5.38. The van der Waals surface area contributed by atoms with Crippen LogP contribution in [0.5, 0.6) is 0 Å². The maximum Gasteiger partial charge on any atom is 0.313 e. The summed E-state index contributed by atoms with van der Waals surface area (Å²) in [6.07, 6.45) is 0. The van der Waals surface area contributed by atoms with Crippen LogP contribution >= 0.6 is 0 Å². The van der Waals surface area contributed by atoms with Crippen LogP contribution in [0.1, 0.15) is 18.1 Å². The summed E-state index contributed by atoms with van der Waals surface area (Å²) >= 11 is 0. The number of ether oxygens (including phenoxy) is 1. The van der Waals surface area contributed by atoms with Crippen molar-refractivity contribution in [3.8, 4) is 0 Å². The van der Waals surface area contributed by atoms with E-state index in [1.807, 2.05) is 19.9 Å². The van der Waals surface area contributed by atoms with Crippen LogP contribution in [0.2, 0.25) is 0 Å². The third-order valence-corrected chi connectivity index (χ3v) is 5.33. The van der Waals surface area contributed by atoms with E-state index in [1.165, 1.54) is 0 Å². The molecule has 2 unspecified atom stereocenters. The van der Waals surface area contributed by atoms with Gasteiger partial charge in [-0.1, -0.05) is 12.1 Å². The van der Waals surface area contributed by atoms with Gasteiger partial charge in [-0.25, -0.2) is 13.8 Å². The Bertz CT molecular complexity index is 660. The van der Waals surface area contributed by atoms with Gasteiger partial charge in [-0.05, 0) is 38.0 Å². The fourth-order valence-electron chi connectivity index (χ4n) is 2.31. The molecule has 7 nitrogen and oxygen atoms in total. The maximum absolute atomic E-state index is 12.6. The number of anilines is 1. The monoisotopic (exact) mass is 327 g/mol. The van der Waals surface area contributed by atoms with E-state index in [0.29, 0.717) is 5.69 Å². The number of hydrogen-bond donors (Lipinski definition) is 3. The second-order valence-corrected chi connectivity index (χ2v) is 7.00. The zero-order chi connectivity index (χ0) is 16.3. The van der Waals surface area contributed by atoms with Crippen molar-refractivity contribution < 1.29 is 17.9 Å². The number of aryl methyl sites for hydroxylation is 1. The first-order chi connectivity index (χ1) is 10.4. The van der Waals surface area contributed by atoms with Crippen molar-refractivity contribution in [2.75, 3.05) is 17.9 Å². The van der Waals surface area contributed by atoms with Crippen molar-refractivity contribution in [3.05, 3.63) is 29.3 Å². The van der Waals surface area contributed by atoms with Crippen LogP contribution < -0.4 is 15.6 Å². The number of hydrogen-bond acceptors (Lipinski definition) is 6. The molecule has 0 radical (unpaired) electrons. The van der Waals surface area contributed by atoms with E-state index in [9.17, 15) is 13.2 Å². The molecule has 1 saturated heterocycles. The molecular formula is C14H21N3O4S. The highest BCUT2D eigenvalue weighted by molar-refractivity contribution is 7.93. The first kappa shape index (κ1) is 16.7. The van der Waals surface area contributed by atoms with Crippen molar-refractivity contribution >= 4 is 21.7 Å². The highest BCUT2D eigenvalue weighted by Crippen LogP contribution is 2.23. The van der Waals surface area contributed by atoms with Crippen LogP contribution in [0.15, 0.2) is 18.2 Å². The number of benzene rings is 1.